The Morgan fingerprint density at radius 1 is 1.37 bits per heavy atom. The fourth-order valence-electron chi connectivity index (χ4n) is 1.92. The second-order valence-electron chi connectivity index (χ2n) is 5.15. The highest BCUT2D eigenvalue weighted by Gasteiger charge is 2.16. The van der Waals surface area contributed by atoms with Gasteiger partial charge in [0.25, 0.3) is 0 Å². The van der Waals surface area contributed by atoms with E-state index in [-0.39, 0.29) is 17.7 Å². The third kappa shape index (κ3) is 5.72. The highest BCUT2D eigenvalue weighted by Crippen LogP contribution is 2.10. The van der Waals surface area contributed by atoms with Gasteiger partial charge in [0, 0.05) is 12.6 Å². The summed E-state index contributed by atoms with van der Waals surface area (Å²) in [6.45, 7) is 2.73. The number of carbonyl (C=O) groups excluding carboxylic acids is 1. The number of benzene rings is 1. The van der Waals surface area contributed by atoms with Gasteiger partial charge < -0.3 is 21.1 Å². The zero-order valence-corrected chi connectivity index (χ0v) is 11.8. The van der Waals surface area contributed by atoms with E-state index in [0.29, 0.717) is 6.42 Å². The summed E-state index contributed by atoms with van der Waals surface area (Å²) in [6.07, 6.45) is 0.459. The lowest BCUT2D eigenvalue weighted by molar-refractivity contribution is -0.123. The molecule has 0 fully saturated rings. The quantitative estimate of drug-likeness (QED) is 0.692. The second kappa shape index (κ2) is 7.11. The molecular formula is C14H23N3O2. The van der Waals surface area contributed by atoms with E-state index in [9.17, 15) is 9.90 Å². The van der Waals surface area contributed by atoms with E-state index in [4.69, 9.17) is 5.73 Å². The molecule has 106 valence electrons. The molecule has 0 saturated carbocycles. The van der Waals surface area contributed by atoms with Gasteiger partial charge >= 0.3 is 0 Å². The van der Waals surface area contributed by atoms with Gasteiger partial charge in [-0.1, -0.05) is 12.1 Å². The normalized spacial score (nSPS) is 14.2. The number of rotatable bonds is 6. The Labute approximate surface area is 114 Å². The largest absolute Gasteiger partial charge is 0.508 e. The van der Waals surface area contributed by atoms with Crippen LogP contribution in [0.15, 0.2) is 24.3 Å². The van der Waals surface area contributed by atoms with Crippen LogP contribution in [0.2, 0.25) is 0 Å². The van der Waals surface area contributed by atoms with Crippen LogP contribution >= 0.6 is 0 Å². The van der Waals surface area contributed by atoms with E-state index >= 15 is 0 Å². The molecule has 0 radical (unpaired) electrons. The summed E-state index contributed by atoms with van der Waals surface area (Å²) >= 11 is 0. The van der Waals surface area contributed by atoms with Crippen LogP contribution in [0.4, 0.5) is 0 Å². The molecule has 1 rings (SSSR count). The number of likely N-dealkylation sites (N-methyl/N-ethyl adjacent to an activating group) is 1. The van der Waals surface area contributed by atoms with Crippen LogP contribution in [-0.2, 0) is 11.2 Å². The summed E-state index contributed by atoms with van der Waals surface area (Å²) in [7, 11) is 3.91. The van der Waals surface area contributed by atoms with Crippen LogP contribution in [-0.4, -0.2) is 48.6 Å². The average Bonchev–Trinajstić information content (AvgIpc) is 2.30. The van der Waals surface area contributed by atoms with Crippen LogP contribution in [0.25, 0.3) is 0 Å². The smallest absolute Gasteiger partial charge is 0.237 e. The molecule has 2 unspecified atom stereocenters. The van der Waals surface area contributed by atoms with E-state index in [1.807, 2.05) is 25.9 Å². The van der Waals surface area contributed by atoms with Crippen molar-refractivity contribution in [2.24, 2.45) is 5.73 Å². The minimum atomic E-state index is -0.575. The van der Waals surface area contributed by atoms with Gasteiger partial charge in [0.15, 0.2) is 0 Å². The molecule has 1 amide bonds. The van der Waals surface area contributed by atoms with Crippen LogP contribution in [0.1, 0.15) is 12.5 Å². The third-order valence-corrected chi connectivity index (χ3v) is 2.76. The fraction of sp³-hybridized carbons (Fsp3) is 0.500. The standard InChI is InChI=1S/C14H23N3O2/c1-10(9-17(2)3)16-14(19)13(15)8-11-4-6-12(18)7-5-11/h4-7,10,13,18H,8-9,15H2,1-3H3,(H,16,19). The predicted octanol–water partition coefficient (Wildman–Crippen LogP) is 0.328. The van der Waals surface area contributed by atoms with Crippen LogP contribution in [0, 0.1) is 0 Å². The summed E-state index contributed by atoms with van der Waals surface area (Å²) < 4.78 is 0. The second-order valence-corrected chi connectivity index (χ2v) is 5.15. The Bertz CT molecular complexity index is 404. The molecule has 5 heteroatoms. The van der Waals surface area contributed by atoms with Gasteiger partial charge in [-0.2, -0.15) is 0 Å². The number of phenolic OH excluding ortho intramolecular Hbond substituents is 1. The molecular weight excluding hydrogens is 242 g/mol. The lowest BCUT2D eigenvalue weighted by atomic mass is 10.1. The Hall–Kier alpha value is -1.59. The van der Waals surface area contributed by atoms with Crippen molar-refractivity contribution in [2.75, 3.05) is 20.6 Å². The summed E-state index contributed by atoms with van der Waals surface area (Å²) in [5, 5.41) is 12.1. The molecule has 0 bridgehead atoms. The number of phenols is 1. The minimum absolute atomic E-state index is 0.0633. The molecule has 0 aliphatic carbocycles. The minimum Gasteiger partial charge on any atom is -0.508 e. The summed E-state index contributed by atoms with van der Waals surface area (Å²) in [5.41, 5.74) is 6.81. The Kier molecular flexibility index (Phi) is 5.79. The molecule has 4 N–H and O–H groups in total. The first-order chi connectivity index (χ1) is 8.88. The van der Waals surface area contributed by atoms with Crippen molar-refractivity contribution >= 4 is 5.91 Å². The van der Waals surface area contributed by atoms with E-state index in [2.05, 4.69) is 5.32 Å². The third-order valence-electron chi connectivity index (χ3n) is 2.76. The fourth-order valence-corrected chi connectivity index (χ4v) is 1.92. The maximum atomic E-state index is 11.9. The zero-order valence-electron chi connectivity index (χ0n) is 11.8. The molecule has 1 aromatic carbocycles. The molecule has 0 heterocycles. The average molecular weight is 265 g/mol. The molecule has 0 aromatic heterocycles. The van der Waals surface area contributed by atoms with Gasteiger partial charge in [-0.3, -0.25) is 4.79 Å². The predicted molar refractivity (Wildman–Crippen MR) is 75.9 cm³/mol. The van der Waals surface area contributed by atoms with Crippen LogP contribution < -0.4 is 11.1 Å². The lowest BCUT2D eigenvalue weighted by Crippen LogP contribution is -2.48. The molecule has 5 nitrogen and oxygen atoms in total. The van der Waals surface area contributed by atoms with Gasteiger partial charge in [-0.15, -0.1) is 0 Å². The molecule has 2 atom stereocenters. The van der Waals surface area contributed by atoms with Crippen molar-refractivity contribution in [3.05, 3.63) is 29.8 Å². The van der Waals surface area contributed by atoms with Gasteiger partial charge in [0.05, 0.1) is 6.04 Å². The van der Waals surface area contributed by atoms with E-state index < -0.39 is 6.04 Å². The van der Waals surface area contributed by atoms with Gasteiger partial charge in [0.1, 0.15) is 5.75 Å². The molecule has 0 aliphatic heterocycles. The zero-order chi connectivity index (χ0) is 14.4. The van der Waals surface area contributed by atoms with Crippen molar-refractivity contribution in [1.82, 2.24) is 10.2 Å². The number of nitrogens with one attached hydrogen (secondary N) is 1. The Morgan fingerprint density at radius 2 is 1.95 bits per heavy atom. The van der Waals surface area contributed by atoms with Crippen molar-refractivity contribution < 1.29 is 9.90 Å². The van der Waals surface area contributed by atoms with Crippen molar-refractivity contribution in [3.63, 3.8) is 0 Å². The van der Waals surface area contributed by atoms with Gasteiger partial charge in [-0.05, 0) is 45.1 Å². The SMILES string of the molecule is CC(CN(C)C)NC(=O)C(N)Cc1ccc(O)cc1. The summed E-state index contributed by atoms with van der Waals surface area (Å²) in [4.78, 5) is 13.9. The number of nitrogens with two attached hydrogens (primary N) is 1. The first kappa shape index (κ1) is 15.5. The van der Waals surface area contributed by atoms with Crippen molar-refractivity contribution in [2.45, 2.75) is 25.4 Å². The highest BCUT2D eigenvalue weighted by molar-refractivity contribution is 5.82. The number of carbonyl (C=O) groups is 1. The molecule has 1 aromatic rings. The number of nitrogens with zero attached hydrogens (tertiary/aromatic N) is 1. The topological polar surface area (TPSA) is 78.6 Å². The molecule has 19 heavy (non-hydrogen) atoms. The highest BCUT2D eigenvalue weighted by atomic mass is 16.3. The van der Waals surface area contributed by atoms with Crippen molar-refractivity contribution in [3.8, 4) is 5.75 Å². The van der Waals surface area contributed by atoms with Crippen LogP contribution in [0.3, 0.4) is 0 Å². The number of amides is 1. The number of hydrogen-bond donors (Lipinski definition) is 3. The first-order valence-corrected chi connectivity index (χ1v) is 6.37. The maximum absolute atomic E-state index is 11.9. The van der Waals surface area contributed by atoms with E-state index in [0.717, 1.165) is 12.1 Å². The van der Waals surface area contributed by atoms with Gasteiger partial charge in [-0.25, -0.2) is 0 Å². The Balaban J connectivity index is 2.46. The Morgan fingerprint density at radius 3 is 2.47 bits per heavy atom. The number of hydrogen-bond acceptors (Lipinski definition) is 4. The lowest BCUT2D eigenvalue weighted by Gasteiger charge is -2.20. The maximum Gasteiger partial charge on any atom is 0.237 e. The van der Waals surface area contributed by atoms with E-state index in [1.54, 1.807) is 24.3 Å². The summed E-state index contributed by atoms with van der Waals surface area (Å²) in [5.74, 6) is 0.0591. The summed E-state index contributed by atoms with van der Waals surface area (Å²) in [6, 6.07) is 6.21. The molecule has 0 spiro atoms. The number of aromatic hydroxyl groups is 1. The molecule has 0 aliphatic rings. The first-order valence-electron chi connectivity index (χ1n) is 6.37. The van der Waals surface area contributed by atoms with E-state index in [1.165, 1.54) is 0 Å². The van der Waals surface area contributed by atoms with Crippen molar-refractivity contribution in [1.29, 1.82) is 0 Å². The molecule has 0 saturated heterocycles. The van der Waals surface area contributed by atoms with Gasteiger partial charge in [0.2, 0.25) is 5.91 Å². The monoisotopic (exact) mass is 265 g/mol. The van der Waals surface area contributed by atoms with Crippen LogP contribution in [0.5, 0.6) is 5.75 Å².